The first kappa shape index (κ1) is 8.34. The van der Waals surface area contributed by atoms with Gasteiger partial charge in [-0.2, -0.15) is 0 Å². The Bertz CT molecular complexity index is 175. The van der Waals surface area contributed by atoms with E-state index in [-0.39, 0.29) is 0 Å². The first-order chi connectivity index (χ1) is 5.36. The molecule has 1 aromatic rings. The monoisotopic (exact) mass is 152 g/mol. The Balaban J connectivity index is 2.41. The minimum Gasteiger partial charge on any atom is -0.367 e. The van der Waals surface area contributed by atoms with Gasteiger partial charge in [0, 0.05) is 18.9 Å². The van der Waals surface area contributed by atoms with Crippen LogP contribution < -0.4 is 0 Å². The molecule has 0 fully saturated rings. The van der Waals surface area contributed by atoms with Gasteiger partial charge in [-0.1, -0.05) is 13.8 Å². The van der Waals surface area contributed by atoms with Gasteiger partial charge in [0.2, 0.25) is 0 Å². The van der Waals surface area contributed by atoms with Crippen molar-refractivity contribution in [2.24, 2.45) is 0 Å². The molecule has 0 aromatic carbocycles. The molecular weight excluding hydrogens is 136 g/mol. The molecule has 62 valence electrons. The zero-order chi connectivity index (χ0) is 8.10. The minimum atomic E-state index is 1.07. The van der Waals surface area contributed by atoms with Gasteiger partial charge in [-0.3, -0.25) is 4.90 Å². The number of H-pyrrole nitrogens is 1. The van der Waals surface area contributed by atoms with Gasteiger partial charge in [-0.25, -0.2) is 0 Å². The lowest BCUT2D eigenvalue weighted by atomic mass is 10.3. The van der Waals surface area contributed by atoms with Crippen molar-refractivity contribution in [2.75, 3.05) is 13.1 Å². The van der Waals surface area contributed by atoms with Gasteiger partial charge in [0.1, 0.15) is 0 Å². The molecule has 1 N–H and O–H groups in total. The fourth-order valence-electron chi connectivity index (χ4n) is 1.16. The number of nitrogens with one attached hydrogen (secondary N) is 1. The SMILES string of the molecule is CCN(CC)Cc1cc[nH]c1. The highest BCUT2D eigenvalue weighted by Crippen LogP contribution is 2.01. The van der Waals surface area contributed by atoms with E-state index in [0.29, 0.717) is 0 Å². The van der Waals surface area contributed by atoms with E-state index >= 15 is 0 Å². The van der Waals surface area contributed by atoms with E-state index in [9.17, 15) is 0 Å². The zero-order valence-electron chi connectivity index (χ0n) is 7.30. The molecule has 0 radical (unpaired) electrons. The molecule has 0 aliphatic rings. The molecule has 2 heteroatoms. The maximum absolute atomic E-state index is 3.06. The van der Waals surface area contributed by atoms with Gasteiger partial charge in [0.15, 0.2) is 0 Å². The number of nitrogens with zero attached hydrogens (tertiary/aromatic N) is 1. The van der Waals surface area contributed by atoms with Crippen molar-refractivity contribution < 1.29 is 0 Å². The molecule has 0 saturated carbocycles. The van der Waals surface area contributed by atoms with Crippen molar-refractivity contribution in [1.82, 2.24) is 9.88 Å². The van der Waals surface area contributed by atoms with E-state index < -0.39 is 0 Å². The Hall–Kier alpha value is -0.760. The molecule has 0 unspecified atom stereocenters. The summed E-state index contributed by atoms with van der Waals surface area (Å²) < 4.78 is 0. The van der Waals surface area contributed by atoms with Crippen LogP contribution in [0.2, 0.25) is 0 Å². The summed E-state index contributed by atoms with van der Waals surface area (Å²) in [4.78, 5) is 5.45. The van der Waals surface area contributed by atoms with E-state index in [2.05, 4.69) is 36.0 Å². The Kier molecular flexibility index (Phi) is 3.17. The van der Waals surface area contributed by atoms with Crippen LogP contribution in [0.25, 0.3) is 0 Å². The molecule has 0 aliphatic heterocycles. The summed E-state index contributed by atoms with van der Waals surface area (Å²) in [5, 5.41) is 0. The molecule has 1 rings (SSSR count). The summed E-state index contributed by atoms with van der Waals surface area (Å²) in [5.74, 6) is 0. The molecule has 11 heavy (non-hydrogen) atoms. The standard InChI is InChI=1S/C9H16N2/c1-3-11(4-2)8-9-5-6-10-7-9/h5-7,10H,3-4,8H2,1-2H3. The van der Waals surface area contributed by atoms with E-state index in [1.165, 1.54) is 5.56 Å². The molecule has 0 amide bonds. The summed E-state index contributed by atoms with van der Waals surface area (Å²) in [5.41, 5.74) is 1.37. The first-order valence-corrected chi connectivity index (χ1v) is 4.20. The second-order valence-electron chi connectivity index (χ2n) is 2.68. The highest BCUT2D eigenvalue weighted by Gasteiger charge is 1.99. The van der Waals surface area contributed by atoms with Crippen molar-refractivity contribution in [1.29, 1.82) is 0 Å². The molecule has 0 saturated heterocycles. The van der Waals surface area contributed by atoms with Crippen LogP contribution in [-0.2, 0) is 6.54 Å². The zero-order valence-corrected chi connectivity index (χ0v) is 7.30. The van der Waals surface area contributed by atoms with Crippen LogP contribution >= 0.6 is 0 Å². The Morgan fingerprint density at radius 2 is 2.09 bits per heavy atom. The maximum atomic E-state index is 3.06. The average molecular weight is 152 g/mol. The Morgan fingerprint density at radius 1 is 1.36 bits per heavy atom. The van der Waals surface area contributed by atoms with Crippen LogP contribution in [0.3, 0.4) is 0 Å². The average Bonchev–Trinajstić information content (AvgIpc) is 2.52. The van der Waals surface area contributed by atoms with E-state index in [1.54, 1.807) is 0 Å². The molecule has 0 bridgehead atoms. The number of hydrogen-bond donors (Lipinski definition) is 1. The summed E-state index contributed by atoms with van der Waals surface area (Å²) in [7, 11) is 0. The van der Waals surface area contributed by atoms with Crippen LogP contribution in [0, 0.1) is 0 Å². The third kappa shape index (κ3) is 2.39. The smallest absolute Gasteiger partial charge is 0.0248 e. The number of aromatic amines is 1. The van der Waals surface area contributed by atoms with Crippen LogP contribution in [0.4, 0.5) is 0 Å². The summed E-state index contributed by atoms with van der Waals surface area (Å²) in [6, 6.07) is 2.12. The van der Waals surface area contributed by atoms with Crippen LogP contribution in [0.15, 0.2) is 18.5 Å². The normalized spacial score (nSPS) is 10.8. The summed E-state index contributed by atoms with van der Waals surface area (Å²) in [6.45, 7) is 7.70. The Labute approximate surface area is 68.2 Å². The number of aromatic nitrogens is 1. The van der Waals surface area contributed by atoms with Crippen molar-refractivity contribution in [3.8, 4) is 0 Å². The van der Waals surface area contributed by atoms with Gasteiger partial charge in [-0.05, 0) is 24.7 Å². The fraction of sp³-hybridized carbons (Fsp3) is 0.556. The lowest BCUT2D eigenvalue weighted by molar-refractivity contribution is 0.296. The topological polar surface area (TPSA) is 19.0 Å². The minimum absolute atomic E-state index is 1.07. The molecule has 2 nitrogen and oxygen atoms in total. The Morgan fingerprint density at radius 3 is 2.55 bits per heavy atom. The van der Waals surface area contributed by atoms with Crippen LogP contribution in [0.1, 0.15) is 19.4 Å². The van der Waals surface area contributed by atoms with Crippen molar-refractivity contribution in [3.05, 3.63) is 24.0 Å². The molecule has 1 aromatic heterocycles. The van der Waals surface area contributed by atoms with E-state index in [4.69, 9.17) is 0 Å². The van der Waals surface area contributed by atoms with E-state index in [0.717, 1.165) is 19.6 Å². The predicted molar refractivity (Wildman–Crippen MR) is 47.4 cm³/mol. The molecular formula is C9H16N2. The molecule has 1 heterocycles. The van der Waals surface area contributed by atoms with E-state index in [1.807, 2.05) is 6.20 Å². The van der Waals surface area contributed by atoms with Crippen molar-refractivity contribution >= 4 is 0 Å². The van der Waals surface area contributed by atoms with Gasteiger partial charge < -0.3 is 4.98 Å². The second kappa shape index (κ2) is 4.19. The lowest BCUT2D eigenvalue weighted by Gasteiger charge is -2.16. The fourth-order valence-corrected chi connectivity index (χ4v) is 1.16. The van der Waals surface area contributed by atoms with Crippen molar-refractivity contribution in [2.45, 2.75) is 20.4 Å². The largest absolute Gasteiger partial charge is 0.367 e. The van der Waals surface area contributed by atoms with Gasteiger partial charge >= 0.3 is 0 Å². The summed E-state index contributed by atoms with van der Waals surface area (Å²) >= 11 is 0. The number of rotatable bonds is 4. The quantitative estimate of drug-likeness (QED) is 0.697. The predicted octanol–water partition coefficient (Wildman–Crippen LogP) is 1.86. The first-order valence-electron chi connectivity index (χ1n) is 4.20. The lowest BCUT2D eigenvalue weighted by Crippen LogP contribution is -2.21. The third-order valence-electron chi connectivity index (χ3n) is 1.96. The maximum Gasteiger partial charge on any atom is 0.0248 e. The van der Waals surface area contributed by atoms with Crippen LogP contribution in [-0.4, -0.2) is 23.0 Å². The highest BCUT2D eigenvalue weighted by atomic mass is 15.1. The van der Waals surface area contributed by atoms with Gasteiger partial charge in [0.25, 0.3) is 0 Å². The molecule has 0 aliphatic carbocycles. The molecule has 0 spiro atoms. The molecule has 0 atom stereocenters. The number of hydrogen-bond acceptors (Lipinski definition) is 1. The third-order valence-corrected chi connectivity index (χ3v) is 1.96. The van der Waals surface area contributed by atoms with Gasteiger partial charge in [0.05, 0.1) is 0 Å². The van der Waals surface area contributed by atoms with Gasteiger partial charge in [-0.15, -0.1) is 0 Å². The highest BCUT2D eigenvalue weighted by molar-refractivity contribution is 5.07. The van der Waals surface area contributed by atoms with Crippen molar-refractivity contribution in [3.63, 3.8) is 0 Å². The summed E-state index contributed by atoms with van der Waals surface area (Å²) in [6.07, 6.45) is 4.02. The van der Waals surface area contributed by atoms with Crippen LogP contribution in [0.5, 0.6) is 0 Å². The second-order valence-corrected chi connectivity index (χ2v) is 2.68.